The fraction of sp³-hybridized carbons (Fsp3) is 0.106. The van der Waals surface area contributed by atoms with Crippen molar-refractivity contribution < 1.29 is 20.1 Å². The molecule has 0 saturated heterocycles. The summed E-state index contributed by atoms with van der Waals surface area (Å²) < 4.78 is 0. The van der Waals surface area contributed by atoms with Crippen LogP contribution in [0.4, 0.5) is 0 Å². The van der Waals surface area contributed by atoms with Crippen molar-refractivity contribution in [3.05, 3.63) is 170 Å². The number of aromatic nitrogens is 2. The van der Waals surface area contributed by atoms with Gasteiger partial charge in [-0.1, -0.05) is 106 Å². The van der Waals surface area contributed by atoms with Crippen LogP contribution in [0.1, 0.15) is 26.3 Å². The number of benzene rings is 6. The van der Waals surface area contributed by atoms with Crippen LogP contribution in [0.5, 0.6) is 0 Å². The number of rotatable bonds is 2. The molecule has 0 saturated carbocycles. The molecule has 8 bridgehead atoms. The summed E-state index contributed by atoms with van der Waals surface area (Å²) in [6.07, 6.45) is 5.01. The molecule has 7 aromatic carbocycles. The van der Waals surface area contributed by atoms with E-state index in [9.17, 15) is 0 Å². The first-order chi connectivity index (χ1) is 23.9. The van der Waals surface area contributed by atoms with Crippen molar-refractivity contribution in [2.24, 2.45) is 5.41 Å². The Kier molecular flexibility index (Phi) is 9.29. The minimum Gasteiger partial charge on any atom is -0.304 e. The first-order valence-corrected chi connectivity index (χ1v) is 16.8. The molecule has 2 heterocycles. The van der Waals surface area contributed by atoms with Crippen LogP contribution in [0, 0.1) is 17.5 Å². The maximum Gasteiger partial charge on any atom is 0.0239 e. The molecule has 3 heteroatoms. The van der Waals surface area contributed by atoms with E-state index >= 15 is 0 Å². The third-order valence-corrected chi connectivity index (χ3v) is 9.09. The normalized spacial score (nSPS) is 11.4. The Balaban J connectivity index is 0.000000186. The van der Waals surface area contributed by atoms with Gasteiger partial charge in [-0.3, -0.25) is 0 Å². The number of fused-ring (bicyclic) bond motifs is 10. The van der Waals surface area contributed by atoms with Crippen molar-refractivity contribution in [3.63, 3.8) is 0 Å². The van der Waals surface area contributed by atoms with Crippen molar-refractivity contribution in [2.45, 2.75) is 27.2 Å². The van der Waals surface area contributed by atoms with Crippen LogP contribution in [-0.2, 0) is 26.5 Å². The van der Waals surface area contributed by atoms with Crippen LogP contribution in [0.3, 0.4) is 0 Å². The molecular weight excluding hydrogens is 785 g/mol. The summed E-state index contributed by atoms with van der Waals surface area (Å²) in [7, 11) is 0. The van der Waals surface area contributed by atoms with E-state index in [2.05, 4.69) is 147 Å². The van der Waals surface area contributed by atoms with Gasteiger partial charge in [0.1, 0.15) is 0 Å². The largest absolute Gasteiger partial charge is 0.304 e. The van der Waals surface area contributed by atoms with Gasteiger partial charge >= 0.3 is 0 Å². The summed E-state index contributed by atoms with van der Waals surface area (Å²) >= 11 is 0. The summed E-state index contributed by atoms with van der Waals surface area (Å²) in [5, 5.41) is 13.2. The van der Waals surface area contributed by atoms with E-state index in [0.717, 1.165) is 34.0 Å². The van der Waals surface area contributed by atoms with E-state index in [1.807, 2.05) is 42.7 Å². The van der Waals surface area contributed by atoms with Crippen molar-refractivity contribution in [2.75, 3.05) is 0 Å². The SMILES string of the molecule is CC(C)(C)Cc1ccc(-c2[c-]cccc2)nc1.[Ir].[c-]1ccc2cc1c1cc3c(cccc3c3cccc(c3)c3ccc4cccc2c4c3)cn1. The molecule has 1 radical (unpaired) electrons. The molecule has 0 amide bonds. The van der Waals surface area contributed by atoms with Crippen LogP contribution in [0.25, 0.3) is 76.0 Å². The van der Waals surface area contributed by atoms with E-state index < -0.39 is 0 Å². The maximum atomic E-state index is 4.79. The molecule has 9 rings (SSSR count). The van der Waals surface area contributed by atoms with Gasteiger partial charge in [-0.15, -0.1) is 70.9 Å². The number of hydrogen-bond donors (Lipinski definition) is 0. The summed E-state index contributed by atoms with van der Waals surface area (Å²) in [5.41, 5.74) is 4.58. The van der Waals surface area contributed by atoms with Gasteiger partial charge in [0, 0.05) is 32.5 Å². The van der Waals surface area contributed by atoms with Crippen LogP contribution < -0.4 is 0 Å². The molecule has 0 aliphatic heterocycles. The summed E-state index contributed by atoms with van der Waals surface area (Å²) in [4.78, 5) is 9.29. The third-order valence-electron chi connectivity index (χ3n) is 9.09. The van der Waals surface area contributed by atoms with Gasteiger partial charge in [-0.2, -0.15) is 0 Å². The second kappa shape index (κ2) is 14.0. The minimum absolute atomic E-state index is 0. The van der Waals surface area contributed by atoms with E-state index in [-0.39, 0.29) is 20.1 Å². The Morgan fingerprint density at radius 1 is 0.500 bits per heavy atom. The molecule has 0 N–H and O–H groups in total. The third kappa shape index (κ3) is 6.94. The zero-order valence-electron chi connectivity index (χ0n) is 28.4. The van der Waals surface area contributed by atoms with Gasteiger partial charge in [-0.25, -0.2) is 0 Å². The first-order valence-electron chi connectivity index (χ1n) is 16.8. The monoisotopic (exact) mass is 821 g/mol. The molecule has 0 unspecified atom stereocenters. The smallest absolute Gasteiger partial charge is 0.0239 e. The molecule has 9 aromatic rings. The average Bonchev–Trinajstić information content (AvgIpc) is 3.14. The second-order valence-corrected chi connectivity index (χ2v) is 14.0. The number of nitrogens with zero attached hydrogens (tertiary/aromatic N) is 2. The van der Waals surface area contributed by atoms with E-state index in [0.29, 0.717) is 5.41 Å². The summed E-state index contributed by atoms with van der Waals surface area (Å²) in [6, 6.07) is 56.0. The zero-order valence-corrected chi connectivity index (χ0v) is 30.8. The van der Waals surface area contributed by atoms with Gasteiger partial charge < -0.3 is 9.97 Å². The van der Waals surface area contributed by atoms with Gasteiger partial charge in [0.15, 0.2) is 0 Å². The molecule has 0 aliphatic carbocycles. The second-order valence-electron chi connectivity index (χ2n) is 14.0. The average molecular weight is 821 g/mol. The predicted octanol–water partition coefficient (Wildman–Crippen LogP) is 12.5. The van der Waals surface area contributed by atoms with Crippen LogP contribution in [0.15, 0.2) is 152 Å². The molecule has 0 aliphatic rings. The van der Waals surface area contributed by atoms with Crippen molar-refractivity contribution in [1.29, 1.82) is 0 Å². The van der Waals surface area contributed by atoms with Crippen molar-refractivity contribution in [1.82, 2.24) is 9.97 Å². The van der Waals surface area contributed by atoms with Gasteiger partial charge in [-0.05, 0) is 89.2 Å². The van der Waals surface area contributed by atoms with E-state index in [1.165, 1.54) is 54.0 Å². The van der Waals surface area contributed by atoms with E-state index in [4.69, 9.17) is 4.98 Å². The molecule has 2 nitrogen and oxygen atoms in total. The van der Waals surface area contributed by atoms with Gasteiger partial charge in [0.25, 0.3) is 0 Å². The quantitative estimate of drug-likeness (QED) is 0.162. The van der Waals surface area contributed by atoms with Crippen molar-refractivity contribution >= 4 is 64.8 Å². The Hall–Kier alpha value is -5.21. The predicted molar refractivity (Wildman–Crippen MR) is 209 cm³/mol. The van der Waals surface area contributed by atoms with Crippen LogP contribution in [0.2, 0.25) is 0 Å². The van der Waals surface area contributed by atoms with E-state index in [1.54, 1.807) is 0 Å². The number of pyridine rings is 2. The van der Waals surface area contributed by atoms with Crippen LogP contribution >= 0.6 is 0 Å². The zero-order chi connectivity index (χ0) is 33.4. The Labute approximate surface area is 306 Å². The maximum absolute atomic E-state index is 4.79. The fourth-order valence-electron chi connectivity index (χ4n) is 6.77. The molecular formula is C47H36IrN2-2. The molecule has 0 fully saturated rings. The summed E-state index contributed by atoms with van der Waals surface area (Å²) in [6.45, 7) is 6.73. The van der Waals surface area contributed by atoms with Crippen LogP contribution in [-0.4, -0.2) is 9.97 Å². The van der Waals surface area contributed by atoms with Crippen molar-refractivity contribution in [3.8, 4) is 11.3 Å². The van der Waals surface area contributed by atoms with Gasteiger partial charge in [0.2, 0.25) is 0 Å². The molecule has 0 spiro atoms. The van der Waals surface area contributed by atoms with Gasteiger partial charge in [0.05, 0.1) is 0 Å². The number of hydrogen-bond acceptors (Lipinski definition) is 2. The molecule has 0 atom stereocenters. The Bertz CT molecular complexity index is 2520. The summed E-state index contributed by atoms with van der Waals surface area (Å²) in [5.74, 6) is 0. The first kappa shape index (κ1) is 33.3. The fourth-order valence-corrected chi connectivity index (χ4v) is 6.77. The topological polar surface area (TPSA) is 25.8 Å². The minimum atomic E-state index is 0. The standard InChI is InChI=1S/C31H18N.C16H18N.Ir/c1-6-21-15-23(7-1)28-12-4-10-26-19-32-31(18-30(26)28)25-9-2-8-24(16-25)27-11-3-5-20-13-14-22(21)17-29(20)27;1-16(2,3)11-13-9-10-15(17-12-13)14-7-5-4-6-8-14;/h1-8,10-19H;4-7,9-10,12H,11H2,1-3H3;/q2*-1;. The molecule has 50 heavy (non-hydrogen) atoms. The molecule has 245 valence electrons. The Morgan fingerprint density at radius 2 is 1.20 bits per heavy atom. The Morgan fingerprint density at radius 3 is 1.96 bits per heavy atom. The molecule has 2 aromatic heterocycles.